The summed E-state index contributed by atoms with van der Waals surface area (Å²) in [7, 11) is 0. The van der Waals surface area contributed by atoms with Crippen LogP contribution in [0.3, 0.4) is 0 Å². The van der Waals surface area contributed by atoms with Gasteiger partial charge in [-0.2, -0.15) is 13.2 Å². The van der Waals surface area contributed by atoms with E-state index in [0.29, 0.717) is 17.7 Å². The van der Waals surface area contributed by atoms with Crippen LogP contribution in [0, 0.1) is 11.8 Å². The van der Waals surface area contributed by atoms with Crippen LogP contribution in [0.1, 0.15) is 16.7 Å². The van der Waals surface area contributed by atoms with Crippen molar-refractivity contribution >= 4 is 5.69 Å². The van der Waals surface area contributed by atoms with E-state index in [0.717, 1.165) is 17.7 Å². The molecule has 0 aliphatic carbocycles. The molecule has 0 aliphatic rings. The van der Waals surface area contributed by atoms with E-state index in [1.165, 1.54) is 12.1 Å². The summed E-state index contributed by atoms with van der Waals surface area (Å²) < 4.78 is 37.2. The van der Waals surface area contributed by atoms with Crippen molar-refractivity contribution in [3.63, 3.8) is 0 Å². The fourth-order valence-corrected chi connectivity index (χ4v) is 1.68. The first-order valence-corrected chi connectivity index (χ1v) is 5.96. The van der Waals surface area contributed by atoms with Crippen LogP contribution in [-0.2, 0) is 12.6 Å². The molecule has 0 fully saturated rings. The van der Waals surface area contributed by atoms with Crippen molar-refractivity contribution < 1.29 is 13.2 Å². The minimum atomic E-state index is -4.32. The van der Waals surface area contributed by atoms with Crippen molar-refractivity contribution in [1.29, 1.82) is 0 Å². The van der Waals surface area contributed by atoms with E-state index >= 15 is 0 Å². The normalized spacial score (nSPS) is 10.8. The van der Waals surface area contributed by atoms with Crippen molar-refractivity contribution in [2.24, 2.45) is 0 Å². The Balaban J connectivity index is 2.08. The monoisotopic (exact) mass is 275 g/mol. The lowest BCUT2D eigenvalue weighted by molar-refractivity contribution is -0.137. The molecule has 2 rings (SSSR count). The Kier molecular flexibility index (Phi) is 3.99. The van der Waals surface area contributed by atoms with E-state index in [2.05, 4.69) is 11.8 Å². The fourth-order valence-electron chi connectivity index (χ4n) is 1.68. The van der Waals surface area contributed by atoms with Gasteiger partial charge in [-0.3, -0.25) is 0 Å². The smallest absolute Gasteiger partial charge is 0.398 e. The molecule has 0 unspecified atom stereocenters. The molecule has 0 atom stereocenters. The molecule has 102 valence electrons. The Morgan fingerprint density at radius 2 is 1.60 bits per heavy atom. The quantitative estimate of drug-likeness (QED) is 0.620. The molecule has 20 heavy (non-hydrogen) atoms. The molecule has 0 spiro atoms. The average molecular weight is 275 g/mol. The standard InChI is InChI=1S/C16H12F3N/c17-16(18,19)14-10-8-12(9-11-14)4-3-6-13-5-1-2-7-15(13)20/h1-2,5,7-11H,6,20H2. The molecule has 0 heterocycles. The molecule has 2 aromatic rings. The Labute approximate surface area is 115 Å². The van der Waals surface area contributed by atoms with Crippen LogP contribution in [0.4, 0.5) is 18.9 Å². The Morgan fingerprint density at radius 3 is 2.20 bits per heavy atom. The second-order valence-corrected chi connectivity index (χ2v) is 4.25. The first-order valence-electron chi connectivity index (χ1n) is 5.96. The van der Waals surface area contributed by atoms with Gasteiger partial charge in [0.1, 0.15) is 0 Å². The van der Waals surface area contributed by atoms with E-state index < -0.39 is 11.7 Å². The van der Waals surface area contributed by atoms with Crippen LogP contribution in [-0.4, -0.2) is 0 Å². The highest BCUT2D eigenvalue weighted by Gasteiger charge is 2.29. The molecule has 1 nitrogen and oxygen atoms in total. The van der Waals surface area contributed by atoms with Gasteiger partial charge >= 0.3 is 6.18 Å². The predicted octanol–water partition coefficient (Wildman–Crippen LogP) is 3.88. The van der Waals surface area contributed by atoms with E-state index in [1.807, 2.05) is 18.2 Å². The SMILES string of the molecule is Nc1ccccc1CC#Cc1ccc(C(F)(F)F)cc1. The highest BCUT2D eigenvalue weighted by Crippen LogP contribution is 2.28. The lowest BCUT2D eigenvalue weighted by Gasteiger charge is -2.05. The van der Waals surface area contributed by atoms with Crippen LogP contribution in [0.25, 0.3) is 0 Å². The minimum Gasteiger partial charge on any atom is -0.398 e. The van der Waals surface area contributed by atoms with Crippen LogP contribution >= 0.6 is 0 Å². The summed E-state index contributed by atoms with van der Waals surface area (Å²) in [6.07, 6.45) is -3.85. The summed E-state index contributed by atoms with van der Waals surface area (Å²) in [5, 5.41) is 0. The second kappa shape index (κ2) is 5.70. The summed E-state index contributed by atoms with van der Waals surface area (Å²) in [4.78, 5) is 0. The molecule has 0 radical (unpaired) electrons. The maximum Gasteiger partial charge on any atom is 0.416 e. The zero-order valence-corrected chi connectivity index (χ0v) is 10.5. The van der Waals surface area contributed by atoms with Gasteiger partial charge in [0.05, 0.1) is 5.56 Å². The number of alkyl halides is 3. The summed E-state index contributed by atoms with van der Waals surface area (Å²) in [6.45, 7) is 0. The van der Waals surface area contributed by atoms with E-state index in [1.54, 1.807) is 6.07 Å². The van der Waals surface area contributed by atoms with Crippen molar-refractivity contribution in [3.8, 4) is 11.8 Å². The Morgan fingerprint density at radius 1 is 0.950 bits per heavy atom. The lowest BCUT2D eigenvalue weighted by atomic mass is 10.1. The second-order valence-electron chi connectivity index (χ2n) is 4.25. The minimum absolute atomic E-state index is 0.466. The van der Waals surface area contributed by atoms with Gasteiger partial charge in [0, 0.05) is 17.7 Å². The maximum absolute atomic E-state index is 12.4. The highest BCUT2D eigenvalue weighted by atomic mass is 19.4. The predicted molar refractivity (Wildman–Crippen MR) is 72.9 cm³/mol. The fraction of sp³-hybridized carbons (Fsp3) is 0.125. The molecule has 2 N–H and O–H groups in total. The molecule has 0 saturated carbocycles. The molecule has 0 saturated heterocycles. The number of hydrogen-bond acceptors (Lipinski definition) is 1. The number of benzene rings is 2. The van der Waals surface area contributed by atoms with Gasteiger partial charge in [-0.15, -0.1) is 0 Å². The summed E-state index contributed by atoms with van der Waals surface area (Å²) in [5.74, 6) is 5.73. The molecule has 2 aromatic carbocycles. The molecule has 4 heteroatoms. The third-order valence-corrected chi connectivity index (χ3v) is 2.78. The third kappa shape index (κ3) is 3.55. The first-order chi connectivity index (χ1) is 9.47. The van der Waals surface area contributed by atoms with Crippen LogP contribution < -0.4 is 5.73 Å². The maximum atomic E-state index is 12.4. The largest absolute Gasteiger partial charge is 0.416 e. The van der Waals surface area contributed by atoms with Gasteiger partial charge in [0.15, 0.2) is 0 Å². The topological polar surface area (TPSA) is 26.0 Å². The van der Waals surface area contributed by atoms with Crippen LogP contribution in [0.5, 0.6) is 0 Å². The molecule has 0 aliphatic heterocycles. The summed E-state index contributed by atoms with van der Waals surface area (Å²) >= 11 is 0. The van der Waals surface area contributed by atoms with Gasteiger partial charge in [-0.05, 0) is 35.9 Å². The zero-order chi connectivity index (χ0) is 14.6. The van der Waals surface area contributed by atoms with Crippen molar-refractivity contribution in [3.05, 3.63) is 65.2 Å². The van der Waals surface area contributed by atoms with E-state index in [4.69, 9.17) is 5.73 Å². The number of para-hydroxylation sites is 1. The highest BCUT2D eigenvalue weighted by molar-refractivity contribution is 5.48. The van der Waals surface area contributed by atoms with Gasteiger partial charge < -0.3 is 5.73 Å². The van der Waals surface area contributed by atoms with Crippen LogP contribution in [0.2, 0.25) is 0 Å². The number of nitrogen functional groups attached to an aromatic ring is 1. The molecular weight excluding hydrogens is 263 g/mol. The van der Waals surface area contributed by atoms with E-state index in [-0.39, 0.29) is 0 Å². The number of rotatable bonds is 1. The van der Waals surface area contributed by atoms with Gasteiger partial charge in [-0.1, -0.05) is 30.0 Å². The van der Waals surface area contributed by atoms with Gasteiger partial charge in [0.2, 0.25) is 0 Å². The number of halogens is 3. The average Bonchev–Trinajstić information content (AvgIpc) is 2.40. The van der Waals surface area contributed by atoms with E-state index in [9.17, 15) is 13.2 Å². The summed E-state index contributed by atoms with van der Waals surface area (Å²) in [6, 6.07) is 12.1. The Hall–Kier alpha value is -2.41. The molecule has 0 bridgehead atoms. The number of hydrogen-bond donors (Lipinski definition) is 1. The van der Waals surface area contributed by atoms with Crippen molar-refractivity contribution in [1.82, 2.24) is 0 Å². The lowest BCUT2D eigenvalue weighted by Crippen LogP contribution is -2.04. The molecule has 0 aromatic heterocycles. The Bertz CT molecular complexity index is 646. The number of nitrogens with two attached hydrogens (primary N) is 1. The molecular formula is C16H12F3N. The van der Waals surface area contributed by atoms with Crippen LogP contribution in [0.15, 0.2) is 48.5 Å². The molecule has 0 amide bonds. The summed E-state index contributed by atoms with van der Waals surface area (Å²) in [5.41, 5.74) is 7.22. The van der Waals surface area contributed by atoms with Crippen molar-refractivity contribution in [2.45, 2.75) is 12.6 Å². The third-order valence-electron chi connectivity index (χ3n) is 2.78. The zero-order valence-electron chi connectivity index (χ0n) is 10.5. The van der Waals surface area contributed by atoms with Gasteiger partial charge in [-0.25, -0.2) is 0 Å². The first kappa shape index (κ1) is 14.0. The van der Waals surface area contributed by atoms with Gasteiger partial charge in [0.25, 0.3) is 0 Å². The van der Waals surface area contributed by atoms with Crippen molar-refractivity contribution in [2.75, 3.05) is 5.73 Å². The number of anilines is 1.